The lowest BCUT2D eigenvalue weighted by Crippen LogP contribution is -2.32. The molecule has 0 spiro atoms. The van der Waals surface area contributed by atoms with Crippen LogP contribution < -0.4 is 4.74 Å². The van der Waals surface area contributed by atoms with Crippen LogP contribution in [0.2, 0.25) is 0 Å². The van der Waals surface area contributed by atoms with Crippen molar-refractivity contribution < 1.29 is 40.2 Å². The minimum atomic E-state index is -4.93. The molecular weight excluding hydrogens is 539 g/mol. The van der Waals surface area contributed by atoms with Gasteiger partial charge in [0.25, 0.3) is 0 Å². The summed E-state index contributed by atoms with van der Waals surface area (Å²) in [6, 6.07) is 4.35. The molecule has 0 saturated carbocycles. The van der Waals surface area contributed by atoms with Crippen molar-refractivity contribution in [2.45, 2.75) is 77.4 Å². The highest BCUT2D eigenvalue weighted by Gasteiger charge is 2.40. The summed E-state index contributed by atoms with van der Waals surface area (Å²) in [6.45, 7) is 8.16. The Balaban J connectivity index is 1.69. The molecule has 1 aliphatic heterocycles. The number of methoxy groups -OCH3 is 1. The second-order valence-electron chi connectivity index (χ2n) is 11.2. The lowest BCUT2D eigenvalue weighted by molar-refractivity contribution is -0.143. The predicted octanol–water partition coefficient (Wildman–Crippen LogP) is 8.99. The summed E-state index contributed by atoms with van der Waals surface area (Å²) in [6.07, 6.45) is -8.42. The summed E-state index contributed by atoms with van der Waals surface area (Å²) in [5, 5.41) is 0. The normalized spacial score (nSPS) is 22.9. The number of ether oxygens (including phenoxy) is 2. The second kappa shape index (κ2) is 11.4. The molecule has 1 saturated heterocycles. The van der Waals surface area contributed by atoms with E-state index in [4.69, 9.17) is 9.47 Å². The van der Waals surface area contributed by atoms with Crippen LogP contribution in [0.15, 0.2) is 35.9 Å². The fraction of sp³-hybridized carbons (Fsp3) is 0.533. The van der Waals surface area contributed by atoms with E-state index in [1.807, 2.05) is 24.8 Å². The van der Waals surface area contributed by atoms with Crippen LogP contribution >= 0.6 is 0 Å². The molecule has 1 heterocycles. The molecule has 0 bridgehead atoms. The summed E-state index contributed by atoms with van der Waals surface area (Å²) < 4.78 is 107. The number of allylic oxidation sites excluding steroid dienone is 1. The fourth-order valence-electron chi connectivity index (χ4n) is 5.69. The maximum atomic E-state index is 14.7. The molecule has 3 nitrogen and oxygen atoms in total. The molecule has 3 atom stereocenters. The van der Waals surface area contributed by atoms with Crippen molar-refractivity contribution in [2.75, 3.05) is 20.4 Å². The van der Waals surface area contributed by atoms with E-state index in [2.05, 4.69) is 6.92 Å². The fourth-order valence-corrected chi connectivity index (χ4v) is 5.69. The standard InChI is InChI=1S/C30H34F7NO2/c1-16(2)24-12-25(27(39-5)13-26(24)31)23-7-6-17(3)8-20(23)14-38-15-40-28(18(38)4)19-9-21(29(32,33)34)11-22(10-19)30(35,36)37/h9-13,16-18,28H,6-8,14-15H2,1-5H3/t17?,18-,28-/m0/s1. The average molecular weight is 574 g/mol. The molecule has 1 unspecified atom stereocenters. The van der Waals surface area contributed by atoms with Crippen molar-refractivity contribution in [3.63, 3.8) is 0 Å². The molecule has 40 heavy (non-hydrogen) atoms. The van der Waals surface area contributed by atoms with Gasteiger partial charge in [-0.1, -0.05) is 26.3 Å². The molecule has 220 valence electrons. The molecular formula is C30H34F7NO2. The Morgan fingerprint density at radius 2 is 1.60 bits per heavy atom. The Kier molecular flexibility index (Phi) is 8.62. The molecule has 2 aliphatic rings. The summed E-state index contributed by atoms with van der Waals surface area (Å²) in [7, 11) is 1.49. The number of nitrogens with zero attached hydrogens (tertiary/aromatic N) is 1. The SMILES string of the molecule is COc1cc(F)c(C(C)C)cc1C1=C(CN2CO[C@H](c3cc(C(F)(F)F)cc(C(F)(F)F)c3)[C@@H]2C)CC(C)CC1. The quantitative estimate of drug-likeness (QED) is 0.322. The first-order valence-electron chi connectivity index (χ1n) is 13.3. The molecule has 0 radical (unpaired) electrons. The number of hydrogen-bond acceptors (Lipinski definition) is 3. The van der Waals surface area contributed by atoms with Gasteiger partial charge in [0.15, 0.2) is 0 Å². The summed E-state index contributed by atoms with van der Waals surface area (Å²) in [4.78, 5) is 1.92. The molecule has 1 fully saturated rings. The monoisotopic (exact) mass is 573 g/mol. The van der Waals surface area contributed by atoms with Gasteiger partial charge in [-0.3, -0.25) is 4.90 Å². The molecule has 0 amide bonds. The van der Waals surface area contributed by atoms with Gasteiger partial charge in [-0.15, -0.1) is 0 Å². The van der Waals surface area contributed by atoms with Crippen LogP contribution in [-0.4, -0.2) is 31.3 Å². The van der Waals surface area contributed by atoms with Gasteiger partial charge in [0.2, 0.25) is 0 Å². The zero-order valence-electron chi connectivity index (χ0n) is 23.1. The Bertz CT molecular complexity index is 1230. The number of benzene rings is 2. The average Bonchev–Trinajstić information content (AvgIpc) is 3.22. The highest BCUT2D eigenvalue weighted by molar-refractivity contribution is 5.75. The van der Waals surface area contributed by atoms with Gasteiger partial charge in [0.05, 0.1) is 24.3 Å². The van der Waals surface area contributed by atoms with E-state index < -0.39 is 35.6 Å². The molecule has 2 aromatic rings. The highest BCUT2D eigenvalue weighted by atomic mass is 19.4. The minimum absolute atomic E-state index is 0.0435. The number of alkyl halides is 6. The van der Waals surface area contributed by atoms with Gasteiger partial charge in [0.1, 0.15) is 18.3 Å². The summed E-state index contributed by atoms with van der Waals surface area (Å²) in [5.74, 6) is 0.419. The smallest absolute Gasteiger partial charge is 0.416 e. The van der Waals surface area contributed by atoms with Crippen LogP contribution in [0, 0.1) is 11.7 Å². The molecule has 4 rings (SSSR count). The van der Waals surface area contributed by atoms with E-state index in [1.54, 1.807) is 6.92 Å². The van der Waals surface area contributed by atoms with Crippen LogP contribution in [0.25, 0.3) is 5.57 Å². The van der Waals surface area contributed by atoms with E-state index >= 15 is 0 Å². The van der Waals surface area contributed by atoms with E-state index in [-0.39, 0.29) is 30.1 Å². The Labute approximate surface area is 230 Å². The first-order valence-corrected chi connectivity index (χ1v) is 13.3. The first-order chi connectivity index (χ1) is 18.6. The Hall–Kier alpha value is -2.59. The van der Waals surface area contributed by atoms with Crippen molar-refractivity contribution in [3.05, 3.63) is 69.5 Å². The zero-order chi connectivity index (χ0) is 29.6. The van der Waals surface area contributed by atoms with Gasteiger partial charge < -0.3 is 9.47 Å². The van der Waals surface area contributed by atoms with Crippen LogP contribution in [0.4, 0.5) is 30.7 Å². The van der Waals surface area contributed by atoms with E-state index in [9.17, 15) is 30.7 Å². The number of hydrogen-bond donors (Lipinski definition) is 0. The zero-order valence-corrected chi connectivity index (χ0v) is 23.1. The van der Waals surface area contributed by atoms with Crippen LogP contribution in [0.3, 0.4) is 0 Å². The van der Waals surface area contributed by atoms with Crippen molar-refractivity contribution in [1.29, 1.82) is 0 Å². The van der Waals surface area contributed by atoms with Crippen LogP contribution in [-0.2, 0) is 17.1 Å². The number of halogens is 7. The van der Waals surface area contributed by atoms with Crippen LogP contribution in [0.5, 0.6) is 5.75 Å². The third kappa shape index (κ3) is 6.33. The van der Waals surface area contributed by atoms with Crippen molar-refractivity contribution >= 4 is 5.57 Å². The molecule has 2 aromatic carbocycles. The molecule has 0 N–H and O–H groups in total. The Morgan fingerprint density at radius 1 is 0.975 bits per heavy atom. The number of rotatable bonds is 6. The van der Waals surface area contributed by atoms with Crippen LogP contribution in [0.1, 0.15) is 86.8 Å². The third-order valence-electron chi connectivity index (χ3n) is 7.94. The lowest BCUT2D eigenvalue weighted by atomic mass is 9.80. The van der Waals surface area contributed by atoms with Crippen molar-refractivity contribution in [2.24, 2.45) is 5.92 Å². The van der Waals surface area contributed by atoms with Gasteiger partial charge >= 0.3 is 12.4 Å². The molecule has 0 aromatic heterocycles. The van der Waals surface area contributed by atoms with Gasteiger partial charge in [-0.05, 0) is 79.0 Å². The van der Waals surface area contributed by atoms with Gasteiger partial charge in [-0.2, -0.15) is 26.3 Å². The predicted molar refractivity (Wildman–Crippen MR) is 138 cm³/mol. The first kappa shape index (κ1) is 30.4. The second-order valence-corrected chi connectivity index (χ2v) is 11.2. The Morgan fingerprint density at radius 3 is 2.15 bits per heavy atom. The lowest BCUT2D eigenvalue weighted by Gasteiger charge is -2.31. The maximum Gasteiger partial charge on any atom is 0.416 e. The van der Waals surface area contributed by atoms with E-state index in [0.29, 0.717) is 23.8 Å². The minimum Gasteiger partial charge on any atom is -0.496 e. The largest absolute Gasteiger partial charge is 0.496 e. The third-order valence-corrected chi connectivity index (χ3v) is 7.94. The van der Waals surface area contributed by atoms with E-state index in [1.165, 1.54) is 13.2 Å². The molecule has 1 aliphatic carbocycles. The topological polar surface area (TPSA) is 21.7 Å². The summed E-state index contributed by atoms with van der Waals surface area (Å²) in [5.41, 5.74) is 0.616. The van der Waals surface area contributed by atoms with E-state index in [0.717, 1.165) is 48.1 Å². The maximum absolute atomic E-state index is 14.7. The van der Waals surface area contributed by atoms with Gasteiger partial charge in [0, 0.05) is 24.2 Å². The van der Waals surface area contributed by atoms with Crippen molar-refractivity contribution in [3.8, 4) is 5.75 Å². The highest BCUT2D eigenvalue weighted by Crippen LogP contribution is 2.44. The molecule has 10 heteroatoms. The summed E-state index contributed by atoms with van der Waals surface area (Å²) >= 11 is 0. The van der Waals surface area contributed by atoms with Crippen molar-refractivity contribution in [1.82, 2.24) is 4.90 Å². The van der Waals surface area contributed by atoms with Gasteiger partial charge in [-0.25, -0.2) is 4.39 Å².